The number of carbonyl (C=O) groups is 4. The zero-order chi connectivity index (χ0) is 37.0. The molecule has 0 bridgehead atoms. The smallest absolute Gasteiger partial charge is 0.408 e. The molecule has 2 amide bonds. The topological polar surface area (TPSA) is 151 Å². The maximum absolute atomic E-state index is 11.8. The van der Waals surface area contributed by atoms with Gasteiger partial charge in [-0.15, -0.1) is 0 Å². The Hall–Kier alpha value is -4.60. The average molecular weight is 667 g/mol. The Morgan fingerprint density at radius 2 is 0.854 bits per heavy atom. The van der Waals surface area contributed by atoms with Crippen LogP contribution in [-0.4, -0.2) is 57.6 Å². The van der Waals surface area contributed by atoms with E-state index >= 15 is 0 Å². The van der Waals surface area contributed by atoms with Crippen LogP contribution in [0.3, 0.4) is 0 Å². The van der Waals surface area contributed by atoms with Gasteiger partial charge >= 0.3 is 24.1 Å². The molecule has 0 saturated carbocycles. The molecule has 0 unspecified atom stereocenters. The summed E-state index contributed by atoms with van der Waals surface area (Å²) in [7, 11) is 0. The Labute approximate surface area is 285 Å². The van der Waals surface area contributed by atoms with Crippen LogP contribution in [0.15, 0.2) is 59.7 Å². The van der Waals surface area contributed by atoms with Crippen molar-refractivity contribution in [2.45, 2.75) is 119 Å². The van der Waals surface area contributed by atoms with Gasteiger partial charge < -0.3 is 30.3 Å². The summed E-state index contributed by atoms with van der Waals surface area (Å²) in [6, 6.07) is 14.0. The lowest BCUT2D eigenvalue weighted by Crippen LogP contribution is -2.43. The molecule has 10 nitrogen and oxygen atoms in total. The first-order valence-electron chi connectivity index (χ1n) is 15.9. The van der Waals surface area contributed by atoms with Crippen molar-refractivity contribution in [1.82, 2.24) is 10.6 Å². The van der Waals surface area contributed by atoms with E-state index in [1.165, 1.54) is 11.1 Å². The van der Waals surface area contributed by atoms with Gasteiger partial charge in [0.25, 0.3) is 0 Å². The largest absolute Gasteiger partial charge is 0.480 e. The zero-order valence-corrected chi connectivity index (χ0v) is 30.5. The van der Waals surface area contributed by atoms with Gasteiger partial charge in [-0.3, -0.25) is 0 Å². The summed E-state index contributed by atoms with van der Waals surface area (Å²) >= 11 is 0. The van der Waals surface area contributed by atoms with E-state index < -0.39 is 47.4 Å². The van der Waals surface area contributed by atoms with Crippen molar-refractivity contribution in [3.05, 3.63) is 81.9 Å². The van der Waals surface area contributed by atoms with Gasteiger partial charge in [0.2, 0.25) is 0 Å². The number of rotatable bonds is 10. The average Bonchev–Trinajstić information content (AvgIpc) is 2.94. The van der Waals surface area contributed by atoms with E-state index in [0.29, 0.717) is 0 Å². The van der Waals surface area contributed by atoms with Crippen LogP contribution in [0.5, 0.6) is 0 Å². The quantitative estimate of drug-likeness (QED) is 0.198. The summed E-state index contributed by atoms with van der Waals surface area (Å²) in [5, 5.41) is 23.6. The van der Waals surface area contributed by atoms with Crippen LogP contribution < -0.4 is 10.6 Å². The minimum absolute atomic E-state index is 0.217. The molecular weight excluding hydrogens is 612 g/mol. The number of carbonyl (C=O) groups excluding carboxylic acids is 2. The maximum Gasteiger partial charge on any atom is 0.408 e. The molecular formula is C38H54N2O8. The van der Waals surface area contributed by atoms with E-state index in [9.17, 15) is 29.4 Å². The van der Waals surface area contributed by atoms with Crippen LogP contribution in [0.1, 0.15) is 104 Å². The summed E-state index contributed by atoms with van der Waals surface area (Å²) < 4.78 is 10.3. The summed E-state index contributed by atoms with van der Waals surface area (Å²) in [6.07, 6.45) is -1.02. The van der Waals surface area contributed by atoms with Gasteiger partial charge in [-0.1, -0.05) is 70.8 Å². The number of carboxylic acids is 2. The summed E-state index contributed by atoms with van der Waals surface area (Å²) in [4.78, 5) is 46.5. The number of allylic oxidation sites excluding steroid dienone is 2. The number of benzene rings is 2. The molecule has 2 rings (SSSR count). The lowest BCUT2D eigenvalue weighted by atomic mass is 9.97. The van der Waals surface area contributed by atoms with E-state index in [4.69, 9.17) is 9.47 Å². The van der Waals surface area contributed by atoms with Crippen LogP contribution in [0.25, 0.3) is 11.1 Å². The lowest BCUT2D eigenvalue weighted by molar-refractivity contribution is -0.140. The van der Waals surface area contributed by atoms with Gasteiger partial charge in [-0.2, -0.15) is 0 Å². The first kappa shape index (κ1) is 41.4. The van der Waals surface area contributed by atoms with Crippen LogP contribution >= 0.6 is 0 Å². The highest BCUT2D eigenvalue weighted by molar-refractivity contribution is 5.82. The second-order valence-electron chi connectivity index (χ2n) is 14.0. The third-order valence-corrected chi connectivity index (χ3v) is 7.25. The Morgan fingerprint density at radius 3 is 1.08 bits per heavy atom. The van der Waals surface area contributed by atoms with Crippen molar-refractivity contribution >= 4 is 35.3 Å². The summed E-state index contributed by atoms with van der Waals surface area (Å²) in [5.74, 6) is -2.17. The Morgan fingerprint density at radius 1 is 0.583 bits per heavy atom. The molecule has 0 aliphatic heterocycles. The van der Waals surface area contributed by atoms with E-state index in [0.717, 1.165) is 33.4 Å². The predicted octanol–water partition coefficient (Wildman–Crippen LogP) is 8.31. The number of carboxylic acid groups (broad SMARTS) is 2. The molecule has 0 radical (unpaired) electrons. The molecule has 0 spiro atoms. The zero-order valence-electron chi connectivity index (χ0n) is 30.5. The summed E-state index contributed by atoms with van der Waals surface area (Å²) in [5.41, 5.74) is 6.90. The molecule has 4 N–H and O–H groups in total. The molecule has 2 atom stereocenters. The highest BCUT2D eigenvalue weighted by atomic mass is 16.6. The van der Waals surface area contributed by atoms with Gasteiger partial charge in [-0.25, -0.2) is 19.2 Å². The Bertz CT molecular complexity index is 1360. The minimum Gasteiger partial charge on any atom is -0.480 e. The highest BCUT2D eigenvalue weighted by Gasteiger charge is 2.26. The molecule has 0 aliphatic carbocycles. The molecule has 0 heterocycles. The van der Waals surface area contributed by atoms with Crippen LogP contribution in [0, 0.1) is 13.8 Å². The molecule has 0 aliphatic rings. The van der Waals surface area contributed by atoms with Gasteiger partial charge in [0.15, 0.2) is 0 Å². The number of nitrogens with one attached hydrogen (secondary N) is 2. The first-order chi connectivity index (χ1) is 22.0. The molecule has 2 aromatic rings. The monoisotopic (exact) mass is 666 g/mol. The molecule has 48 heavy (non-hydrogen) atoms. The summed E-state index contributed by atoms with van der Waals surface area (Å²) in [6.45, 7) is 22.1. The van der Waals surface area contributed by atoms with Crippen LogP contribution in [0.4, 0.5) is 9.59 Å². The van der Waals surface area contributed by atoms with Crippen molar-refractivity contribution in [1.29, 1.82) is 0 Å². The Kier molecular flexibility index (Phi) is 15.6. The first-order valence-corrected chi connectivity index (χ1v) is 15.9. The third-order valence-electron chi connectivity index (χ3n) is 7.25. The predicted molar refractivity (Wildman–Crippen MR) is 190 cm³/mol. The maximum atomic E-state index is 11.8. The van der Waals surface area contributed by atoms with Crippen molar-refractivity contribution in [3.63, 3.8) is 0 Å². The van der Waals surface area contributed by atoms with Crippen molar-refractivity contribution in [3.8, 4) is 0 Å². The van der Waals surface area contributed by atoms with E-state index in [2.05, 4.69) is 10.6 Å². The van der Waals surface area contributed by atoms with E-state index in [-0.39, 0.29) is 12.8 Å². The number of ether oxygens (including phenoxy) is 2. The van der Waals surface area contributed by atoms with Crippen molar-refractivity contribution in [2.24, 2.45) is 0 Å². The molecule has 0 aromatic heterocycles. The second-order valence-corrected chi connectivity index (χ2v) is 14.0. The van der Waals surface area contributed by atoms with E-state index in [1.54, 1.807) is 41.5 Å². The number of amides is 2. The van der Waals surface area contributed by atoms with E-state index in [1.807, 2.05) is 90.1 Å². The number of aliphatic carboxylic acids is 2. The molecule has 264 valence electrons. The normalized spacial score (nSPS) is 13.8. The van der Waals surface area contributed by atoms with Gasteiger partial charge in [0.1, 0.15) is 23.3 Å². The molecule has 0 fully saturated rings. The third kappa shape index (κ3) is 15.8. The minimum atomic E-state index is -1.09. The second kappa shape index (κ2) is 18.1. The number of hydrogen-bond acceptors (Lipinski definition) is 6. The Balaban J connectivity index is 0.000000480. The van der Waals surface area contributed by atoms with Gasteiger partial charge in [-0.05, 0) is 118 Å². The molecule has 10 heteroatoms. The fraction of sp³-hybridized carbons (Fsp3) is 0.474. The SMILES string of the molecule is C/C(C[C@H](NC(=O)OC(C)(C)C)C(=O)O)=C(/C)c1ccc(C)cc1.C/C(C[C@H](NC(=O)OC(C)(C)C)C(=O)O)=C(\C)c1ccc(C)cc1. The fourth-order valence-corrected chi connectivity index (χ4v) is 4.32. The van der Waals surface area contributed by atoms with Crippen molar-refractivity contribution < 1.29 is 38.9 Å². The van der Waals surface area contributed by atoms with Crippen LogP contribution in [-0.2, 0) is 19.1 Å². The highest BCUT2D eigenvalue weighted by Crippen LogP contribution is 2.23. The van der Waals surface area contributed by atoms with Gasteiger partial charge in [0, 0.05) is 0 Å². The number of aryl methyl sites for hydroxylation is 2. The molecule has 0 saturated heterocycles. The van der Waals surface area contributed by atoms with Crippen molar-refractivity contribution in [2.75, 3.05) is 0 Å². The number of alkyl carbamates (subject to hydrolysis) is 2. The molecule has 2 aromatic carbocycles. The van der Waals surface area contributed by atoms with Crippen LogP contribution in [0.2, 0.25) is 0 Å². The number of hydrogen-bond donors (Lipinski definition) is 4. The van der Waals surface area contributed by atoms with Gasteiger partial charge in [0.05, 0.1) is 0 Å². The lowest BCUT2D eigenvalue weighted by Gasteiger charge is -2.22. The fourth-order valence-electron chi connectivity index (χ4n) is 4.32. The standard InChI is InChI=1S/2C19H27NO4/c2*1-12-7-9-15(10-8-12)14(3)13(2)11-16(17(21)22)20-18(23)24-19(4,5)6/h2*7-10,16H,11H2,1-6H3,(H,20,23)(H,21,22)/b14-13+;14-13-/t2*16-/m00/s1.